The number of carboxylic acids is 1. The van der Waals surface area contributed by atoms with Gasteiger partial charge in [-0.2, -0.15) is 18.3 Å². The number of alkyl halides is 3. The van der Waals surface area contributed by atoms with Crippen LogP contribution in [-0.2, 0) is 6.18 Å². The Labute approximate surface area is 113 Å². The van der Waals surface area contributed by atoms with Gasteiger partial charge in [0.05, 0.1) is 4.92 Å². The highest BCUT2D eigenvalue weighted by Crippen LogP contribution is 2.28. The van der Waals surface area contributed by atoms with Crippen molar-refractivity contribution in [3.8, 4) is 5.82 Å². The Balaban J connectivity index is 2.55. The molecule has 11 heteroatoms. The molecule has 0 aliphatic rings. The molecule has 0 aliphatic carbocycles. The van der Waals surface area contributed by atoms with E-state index in [2.05, 4.69) is 10.1 Å². The van der Waals surface area contributed by atoms with E-state index in [4.69, 9.17) is 5.11 Å². The van der Waals surface area contributed by atoms with Gasteiger partial charge >= 0.3 is 17.8 Å². The molecule has 0 unspecified atom stereocenters. The topological polar surface area (TPSA) is 111 Å². The zero-order chi connectivity index (χ0) is 15.8. The lowest BCUT2D eigenvalue weighted by Crippen LogP contribution is -2.10. The first-order valence-corrected chi connectivity index (χ1v) is 5.22. The highest BCUT2D eigenvalue weighted by Gasteiger charge is 2.33. The predicted molar refractivity (Wildman–Crippen MR) is 60.0 cm³/mol. The lowest BCUT2D eigenvalue weighted by molar-refractivity contribution is -0.385. The molecule has 0 amide bonds. The molecule has 0 spiro atoms. The fraction of sp³-hybridized carbons (Fsp3) is 0.100. The number of rotatable bonds is 3. The van der Waals surface area contributed by atoms with Gasteiger partial charge in [-0.25, -0.2) is 14.5 Å². The Hall–Kier alpha value is -2.98. The maximum atomic E-state index is 12.5. The van der Waals surface area contributed by atoms with Gasteiger partial charge < -0.3 is 5.11 Å². The first-order chi connectivity index (χ1) is 9.70. The molecular weight excluding hydrogens is 297 g/mol. The summed E-state index contributed by atoms with van der Waals surface area (Å²) in [5.41, 5.74) is -2.96. The summed E-state index contributed by atoms with van der Waals surface area (Å²) in [6, 6.07) is 2.84. The number of halogens is 3. The lowest BCUT2D eigenvalue weighted by Gasteiger charge is -2.06. The van der Waals surface area contributed by atoms with E-state index in [1.54, 1.807) is 0 Å². The number of carbonyl (C=O) groups is 1. The number of aromatic nitrogens is 3. The Morgan fingerprint density at radius 3 is 2.52 bits per heavy atom. The molecule has 0 fully saturated rings. The molecule has 0 atom stereocenters. The van der Waals surface area contributed by atoms with Crippen LogP contribution in [0.2, 0.25) is 0 Å². The molecule has 0 bridgehead atoms. The molecule has 2 aromatic heterocycles. The molecule has 2 heterocycles. The number of nitro groups is 1. The third kappa shape index (κ3) is 2.80. The third-order valence-electron chi connectivity index (χ3n) is 2.35. The van der Waals surface area contributed by atoms with E-state index < -0.39 is 34.1 Å². The van der Waals surface area contributed by atoms with Crippen molar-refractivity contribution in [2.75, 3.05) is 0 Å². The Kier molecular flexibility index (Phi) is 3.33. The van der Waals surface area contributed by atoms with Gasteiger partial charge in [-0.05, 0) is 12.1 Å². The van der Waals surface area contributed by atoms with E-state index >= 15 is 0 Å². The molecule has 1 N–H and O–H groups in total. The second-order valence-corrected chi connectivity index (χ2v) is 3.75. The van der Waals surface area contributed by atoms with Crippen molar-refractivity contribution in [2.45, 2.75) is 6.18 Å². The van der Waals surface area contributed by atoms with E-state index in [1.807, 2.05) is 0 Å². The van der Waals surface area contributed by atoms with E-state index in [9.17, 15) is 28.1 Å². The summed E-state index contributed by atoms with van der Waals surface area (Å²) in [5, 5.41) is 22.8. The lowest BCUT2D eigenvalue weighted by atomic mass is 10.3. The van der Waals surface area contributed by atoms with Crippen molar-refractivity contribution in [3.05, 3.63) is 45.9 Å². The number of pyridine rings is 1. The molecule has 0 aromatic carbocycles. The average Bonchev–Trinajstić information content (AvgIpc) is 2.83. The summed E-state index contributed by atoms with van der Waals surface area (Å²) in [6.45, 7) is 0. The van der Waals surface area contributed by atoms with Gasteiger partial charge in [-0.15, -0.1) is 0 Å². The number of aromatic carboxylic acids is 1. The van der Waals surface area contributed by atoms with Gasteiger partial charge in [0, 0.05) is 0 Å². The number of hydrogen-bond donors (Lipinski definition) is 1. The van der Waals surface area contributed by atoms with E-state index in [0.717, 1.165) is 12.1 Å². The molecule has 8 nitrogen and oxygen atoms in total. The van der Waals surface area contributed by atoms with Crippen molar-refractivity contribution in [1.29, 1.82) is 0 Å². The van der Waals surface area contributed by atoms with Gasteiger partial charge in [-0.3, -0.25) is 10.1 Å². The third-order valence-corrected chi connectivity index (χ3v) is 2.35. The summed E-state index contributed by atoms with van der Waals surface area (Å²) in [4.78, 5) is 23.7. The minimum atomic E-state index is -4.70. The quantitative estimate of drug-likeness (QED) is 0.684. The molecule has 2 rings (SSSR count). The summed E-state index contributed by atoms with van der Waals surface area (Å²) >= 11 is 0. The Morgan fingerprint density at radius 1 is 1.38 bits per heavy atom. The second kappa shape index (κ2) is 4.85. The largest absolute Gasteiger partial charge is 0.476 e. The highest BCUT2D eigenvalue weighted by atomic mass is 19.4. The van der Waals surface area contributed by atoms with Gasteiger partial charge in [-0.1, -0.05) is 6.07 Å². The molecule has 0 radical (unpaired) electrons. The molecule has 21 heavy (non-hydrogen) atoms. The van der Waals surface area contributed by atoms with Gasteiger partial charge in [0.1, 0.15) is 11.9 Å². The molecule has 2 aromatic rings. The van der Waals surface area contributed by atoms with Crippen LogP contribution in [0.3, 0.4) is 0 Å². The average molecular weight is 302 g/mol. The molecule has 0 saturated heterocycles. The number of hydrogen-bond acceptors (Lipinski definition) is 5. The van der Waals surface area contributed by atoms with Crippen LogP contribution in [0.5, 0.6) is 0 Å². The maximum Gasteiger partial charge on any atom is 0.433 e. The zero-order valence-corrected chi connectivity index (χ0v) is 9.90. The summed E-state index contributed by atoms with van der Waals surface area (Å²) in [5.74, 6) is -2.06. The first kappa shape index (κ1) is 14.4. The fourth-order valence-corrected chi connectivity index (χ4v) is 1.48. The van der Waals surface area contributed by atoms with E-state index in [-0.39, 0.29) is 5.82 Å². The van der Waals surface area contributed by atoms with Crippen LogP contribution in [0.15, 0.2) is 24.4 Å². The second-order valence-electron chi connectivity index (χ2n) is 3.75. The molecule has 0 aliphatic heterocycles. The standard InChI is InChI=1S/C10H5F3N4O4/c11-10(12,13)6-2-1-3-7(14-6)16-4-5(17(20)21)8(15-16)9(18)19/h1-4H,(H,18,19). The van der Waals surface area contributed by atoms with Crippen LogP contribution in [-0.4, -0.2) is 30.8 Å². The Bertz CT molecular complexity index is 694. The van der Waals surface area contributed by atoms with Crippen molar-refractivity contribution in [3.63, 3.8) is 0 Å². The summed E-state index contributed by atoms with van der Waals surface area (Å²) in [7, 11) is 0. The molecule has 0 saturated carbocycles. The van der Waals surface area contributed by atoms with Gasteiger partial charge in [0.15, 0.2) is 5.82 Å². The maximum absolute atomic E-state index is 12.5. The summed E-state index contributed by atoms with van der Waals surface area (Å²) < 4.78 is 38.2. The fourth-order valence-electron chi connectivity index (χ4n) is 1.48. The summed E-state index contributed by atoms with van der Waals surface area (Å²) in [6.07, 6.45) is -4.02. The van der Waals surface area contributed by atoms with Crippen LogP contribution < -0.4 is 0 Å². The van der Waals surface area contributed by atoms with Crippen LogP contribution in [0.25, 0.3) is 5.82 Å². The van der Waals surface area contributed by atoms with Crippen molar-refractivity contribution in [1.82, 2.24) is 14.8 Å². The van der Waals surface area contributed by atoms with Crippen LogP contribution in [0, 0.1) is 10.1 Å². The molecular formula is C10H5F3N4O4. The number of nitrogens with zero attached hydrogens (tertiary/aromatic N) is 4. The predicted octanol–water partition coefficient (Wildman–Crippen LogP) is 1.89. The van der Waals surface area contributed by atoms with Gasteiger partial charge in [0.2, 0.25) is 5.69 Å². The SMILES string of the molecule is O=C(O)c1nn(-c2cccc(C(F)(F)F)n2)cc1[N+](=O)[O-]. The van der Waals surface area contributed by atoms with Crippen LogP contribution in [0.1, 0.15) is 16.2 Å². The van der Waals surface area contributed by atoms with Crippen molar-refractivity contribution < 1.29 is 28.0 Å². The smallest absolute Gasteiger partial charge is 0.433 e. The normalized spacial score (nSPS) is 11.4. The highest BCUT2D eigenvalue weighted by molar-refractivity contribution is 5.89. The Morgan fingerprint density at radius 2 is 2.05 bits per heavy atom. The van der Waals surface area contributed by atoms with Crippen molar-refractivity contribution >= 4 is 11.7 Å². The first-order valence-electron chi connectivity index (χ1n) is 5.22. The van der Waals surface area contributed by atoms with E-state index in [1.165, 1.54) is 0 Å². The number of carboxylic acid groups (broad SMARTS) is 1. The monoisotopic (exact) mass is 302 g/mol. The van der Waals surface area contributed by atoms with Crippen molar-refractivity contribution in [2.24, 2.45) is 0 Å². The van der Waals surface area contributed by atoms with Gasteiger partial charge in [0.25, 0.3) is 0 Å². The minimum absolute atomic E-state index is 0.388. The molecule has 110 valence electrons. The van der Waals surface area contributed by atoms with Crippen LogP contribution in [0.4, 0.5) is 18.9 Å². The van der Waals surface area contributed by atoms with Crippen LogP contribution >= 0.6 is 0 Å². The minimum Gasteiger partial charge on any atom is -0.476 e. The van der Waals surface area contributed by atoms with E-state index in [0.29, 0.717) is 16.9 Å². The zero-order valence-electron chi connectivity index (χ0n) is 9.90.